The number of nitrogens with zero attached hydrogens (tertiary/aromatic N) is 1. The third-order valence-corrected chi connectivity index (χ3v) is 3.14. The van der Waals surface area contributed by atoms with Gasteiger partial charge in [0, 0.05) is 30.9 Å². The van der Waals surface area contributed by atoms with Crippen LogP contribution in [0, 0.1) is 0 Å². The number of imidazole rings is 1. The Morgan fingerprint density at radius 1 is 1.25 bits per heavy atom. The Kier molecular flexibility index (Phi) is 4.44. The number of benzene rings is 1. The highest BCUT2D eigenvalue weighted by atomic mass is 19.4. The number of nitrogens with one attached hydrogen (secondary N) is 2. The van der Waals surface area contributed by atoms with E-state index in [1.54, 1.807) is 12.5 Å². The Balaban J connectivity index is 1.87. The van der Waals surface area contributed by atoms with Crippen LogP contribution in [0.25, 0.3) is 0 Å². The molecular weight excluding hydrogens is 267 g/mol. The smallest absolute Gasteiger partial charge is 0.348 e. The molecule has 0 amide bonds. The third kappa shape index (κ3) is 3.84. The van der Waals surface area contributed by atoms with E-state index >= 15 is 0 Å². The quantitative estimate of drug-likeness (QED) is 0.883. The van der Waals surface area contributed by atoms with E-state index in [4.69, 9.17) is 0 Å². The lowest BCUT2D eigenvalue weighted by atomic mass is 10.1. The number of aromatic nitrogens is 2. The molecule has 0 saturated heterocycles. The lowest BCUT2D eigenvalue weighted by molar-refractivity contribution is -0.137. The Morgan fingerprint density at radius 2 is 1.95 bits per heavy atom. The average Bonchev–Trinajstić information content (AvgIpc) is 2.91. The minimum absolute atomic E-state index is 0.000190. The van der Waals surface area contributed by atoms with Crippen LogP contribution < -0.4 is 5.32 Å². The van der Waals surface area contributed by atoms with Gasteiger partial charge in [0.25, 0.3) is 0 Å². The van der Waals surface area contributed by atoms with E-state index in [1.165, 1.54) is 12.1 Å². The maximum absolute atomic E-state index is 12.5. The standard InChI is InChI=1S/C14H16F3N3/c1-10(19-7-6-13-8-18-9-20-13)11-2-4-12(5-3-11)14(15,16)17/h2-5,8-10,19H,6-7H2,1H3,(H,18,20). The summed E-state index contributed by atoms with van der Waals surface area (Å²) in [6.07, 6.45) is -0.111. The first kappa shape index (κ1) is 14.6. The van der Waals surface area contributed by atoms with Crippen molar-refractivity contribution in [1.29, 1.82) is 0 Å². The summed E-state index contributed by atoms with van der Waals surface area (Å²) in [4.78, 5) is 6.92. The van der Waals surface area contributed by atoms with Crippen LogP contribution in [-0.2, 0) is 12.6 Å². The fourth-order valence-electron chi connectivity index (χ4n) is 1.92. The topological polar surface area (TPSA) is 40.7 Å². The molecule has 0 spiro atoms. The lowest BCUT2D eigenvalue weighted by Gasteiger charge is -2.15. The monoisotopic (exact) mass is 283 g/mol. The zero-order chi connectivity index (χ0) is 14.6. The molecule has 1 heterocycles. The molecule has 3 nitrogen and oxygen atoms in total. The van der Waals surface area contributed by atoms with E-state index in [0.29, 0.717) is 0 Å². The van der Waals surface area contributed by atoms with Gasteiger partial charge in [0.05, 0.1) is 11.9 Å². The highest BCUT2D eigenvalue weighted by molar-refractivity contribution is 5.26. The number of hydrogen-bond acceptors (Lipinski definition) is 2. The second-order valence-electron chi connectivity index (χ2n) is 4.62. The summed E-state index contributed by atoms with van der Waals surface area (Å²) in [5, 5.41) is 3.27. The van der Waals surface area contributed by atoms with E-state index in [1.807, 2.05) is 6.92 Å². The number of alkyl halides is 3. The SMILES string of the molecule is CC(NCCc1cnc[nH]1)c1ccc(C(F)(F)F)cc1. The molecule has 2 N–H and O–H groups in total. The Morgan fingerprint density at radius 3 is 2.50 bits per heavy atom. The molecule has 0 fully saturated rings. The minimum atomic E-state index is -4.28. The summed E-state index contributed by atoms with van der Waals surface area (Å²) in [7, 11) is 0. The van der Waals surface area contributed by atoms with Gasteiger partial charge in [-0.1, -0.05) is 12.1 Å². The molecule has 0 aliphatic carbocycles. The molecule has 0 bridgehead atoms. The van der Waals surface area contributed by atoms with Crippen LogP contribution in [0.3, 0.4) is 0 Å². The molecule has 20 heavy (non-hydrogen) atoms. The fraction of sp³-hybridized carbons (Fsp3) is 0.357. The van der Waals surface area contributed by atoms with Crippen molar-refractivity contribution in [3.05, 3.63) is 53.6 Å². The number of hydrogen-bond donors (Lipinski definition) is 2. The molecular formula is C14H16F3N3. The van der Waals surface area contributed by atoms with Gasteiger partial charge in [0.1, 0.15) is 0 Å². The van der Waals surface area contributed by atoms with E-state index in [9.17, 15) is 13.2 Å². The normalized spacial score (nSPS) is 13.4. The first-order chi connectivity index (χ1) is 9.47. The van der Waals surface area contributed by atoms with Crippen molar-refractivity contribution in [2.24, 2.45) is 0 Å². The molecule has 1 atom stereocenters. The average molecular weight is 283 g/mol. The predicted molar refractivity (Wildman–Crippen MR) is 70.2 cm³/mol. The Hall–Kier alpha value is -1.82. The molecule has 1 aromatic carbocycles. The van der Waals surface area contributed by atoms with Crippen LogP contribution >= 0.6 is 0 Å². The highest BCUT2D eigenvalue weighted by Crippen LogP contribution is 2.29. The molecule has 1 aromatic heterocycles. The van der Waals surface area contributed by atoms with Gasteiger partial charge in [0.2, 0.25) is 0 Å². The van der Waals surface area contributed by atoms with Gasteiger partial charge in [-0.25, -0.2) is 4.98 Å². The van der Waals surface area contributed by atoms with Crippen molar-refractivity contribution in [3.8, 4) is 0 Å². The lowest BCUT2D eigenvalue weighted by Crippen LogP contribution is -2.21. The number of halogens is 3. The van der Waals surface area contributed by atoms with E-state index in [-0.39, 0.29) is 6.04 Å². The molecule has 0 radical (unpaired) electrons. The van der Waals surface area contributed by atoms with Gasteiger partial charge >= 0.3 is 6.18 Å². The van der Waals surface area contributed by atoms with Gasteiger partial charge in [-0.15, -0.1) is 0 Å². The van der Waals surface area contributed by atoms with Crippen molar-refractivity contribution in [1.82, 2.24) is 15.3 Å². The van der Waals surface area contributed by atoms with Crippen LogP contribution in [0.5, 0.6) is 0 Å². The maximum Gasteiger partial charge on any atom is 0.416 e. The number of rotatable bonds is 5. The van der Waals surface area contributed by atoms with Crippen molar-refractivity contribution in [2.45, 2.75) is 25.6 Å². The summed E-state index contributed by atoms with van der Waals surface area (Å²) in [6.45, 7) is 2.65. The van der Waals surface area contributed by atoms with Gasteiger partial charge < -0.3 is 10.3 Å². The summed E-state index contributed by atoms with van der Waals surface area (Å²) < 4.78 is 37.4. The van der Waals surface area contributed by atoms with Crippen molar-refractivity contribution in [3.63, 3.8) is 0 Å². The van der Waals surface area contributed by atoms with E-state index < -0.39 is 11.7 Å². The molecule has 0 saturated carbocycles. The Bertz CT molecular complexity index is 518. The molecule has 2 aromatic rings. The molecule has 0 aliphatic heterocycles. The summed E-state index contributed by atoms with van der Waals surface area (Å²) in [5.41, 5.74) is 1.24. The van der Waals surface area contributed by atoms with Gasteiger partial charge in [-0.2, -0.15) is 13.2 Å². The van der Waals surface area contributed by atoms with Crippen LogP contribution in [0.4, 0.5) is 13.2 Å². The maximum atomic E-state index is 12.5. The van der Waals surface area contributed by atoms with Crippen molar-refractivity contribution >= 4 is 0 Å². The zero-order valence-corrected chi connectivity index (χ0v) is 11.0. The van der Waals surface area contributed by atoms with Crippen LogP contribution in [0.2, 0.25) is 0 Å². The van der Waals surface area contributed by atoms with Crippen LogP contribution in [0.15, 0.2) is 36.8 Å². The molecule has 1 unspecified atom stereocenters. The summed E-state index contributed by atoms with van der Waals surface area (Å²) >= 11 is 0. The molecule has 0 aliphatic rings. The summed E-state index contributed by atoms with van der Waals surface area (Å²) in [5.74, 6) is 0. The molecule has 2 rings (SSSR count). The van der Waals surface area contributed by atoms with Gasteiger partial charge in [-0.05, 0) is 24.6 Å². The van der Waals surface area contributed by atoms with E-state index in [2.05, 4.69) is 15.3 Å². The molecule has 108 valence electrons. The van der Waals surface area contributed by atoms with E-state index in [0.717, 1.165) is 36.4 Å². The zero-order valence-electron chi connectivity index (χ0n) is 11.0. The predicted octanol–water partition coefficient (Wildman–Crippen LogP) is 3.32. The second-order valence-corrected chi connectivity index (χ2v) is 4.62. The van der Waals surface area contributed by atoms with Crippen LogP contribution in [0.1, 0.15) is 29.8 Å². The number of H-pyrrole nitrogens is 1. The number of aromatic amines is 1. The van der Waals surface area contributed by atoms with Crippen molar-refractivity contribution in [2.75, 3.05) is 6.54 Å². The van der Waals surface area contributed by atoms with Crippen LogP contribution in [-0.4, -0.2) is 16.5 Å². The third-order valence-electron chi connectivity index (χ3n) is 3.14. The van der Waals surface area contributed by atoms with Crippen molar-refractivity contribution < 1.29 is 13.2 Å². The summed E-state index contributed by atoms with van der Waals surface area (Å²) in [6, 6.07) is 5.25. The second kappa shape index (κ2) is 6.09. The Labute approximate surface area is 115 Å². The van der Waals surface area contributed by atoms with Gasteiger partial charge in [0.15, 0.2) is 0 Å². The largest absolute Gasteiger partial charge is 0.416 e. The molecule has 6 heteroatoms. The fourth-order valence-corrected chi connectivity index (χ4v) is 1.92. The minimum Gasteiger partial charge on any atom is -0.348 e. The first-order valence-electron chi connectivity index (χ1n) is 6.34. The van der Waals surface area contributed by atoms with Gasteiger partial charge in [-0.3, -0.25) is 0 Å². The highest BCUT2D eigenvalue weighted by Gasteiger charge is 2.30. The first-order valence-corrected chi connectivity index (χ1v) is 6.34.